The molecule has 0 aromatic heterocycles. The van der Waals surface area contributed by atoms with Crippen LogP contribution in [0.2, 0.25) is 0 Å². The van der Waals surface area contributed by atoms with Gasteiger partial charge in [0.05, 0.1) is 25.2 Å². The molecule has 13 heavy (non-hydrogen) atoms. The van der Waals surface area contributed by atoms with E-state index >= 15 is 0 Å². The van der Waals surface area contributed by atoms with E-state index in [-0.39, 0.29) is 11.9 Å². The van der Waals surface area contributed by atoms with Crippen LogP contribution < -0.4 is 5.73 Å². The summed E-state index contributed by atoms with van der Waals surface area (Å²) in [6.07, 6.45) is 1.67. The number of hydrogen-bond acceptors (Lipinski definition) is 3. The van der Waals surface area contributed by atoms with E-state index in [1.807, 2.05) is 6.92 Å². The summed E-state index contributed by atoms with van der Waals surface area (Å²) in [7, 11) is 0. The summed E-state index contributed by atoms with van der Waals surface area (Å²) in [5, 5.41) is 7.09. The Labute approximate surface area is 78.9 Å². The maximum atomic E-state index is 7.09. The average molecular weight is 186 g/mol. The molecule has 0 aromatic carbocycles. The van der Waals surface area contributed by atoms with Crippen LogP contribution in [-0.2, 0) is 9.47 Å². The summed E-state index contributed by atoms with van der Waals surface area (Å²) in [5.41, 5.74) is 5.26. The van der Waals surface area contributed by atoms with Crippen LogP contribution in [0, 0.1) is 11.3 Å². The van der Waals surface area contributed by atoms with Crippen molar-refractivity contribution in [3.63, 3.8) is 0 Å². The second-order valence-electron chi connectivity index (χ2n) is 3.60. The summed E-state index contributed by atoms with van der Waals surface area (Å²) in [6.45, 7) is 4.34. The molecule has 3 N–H and O–H groups in total. The zero-order valence-corrected chi connectivity index (χ0v) is 8.08. The van der Waals surface area contributed by atoms with Gasteiger partial charge in [0.1, 0.15) is 0 Å². The van der Waals surface area contributed by atoms with E-state index in [0.29, 0.717) is 12.3 Å². The summed E-state index contributed by atoms with van der Waals surface area (Å²) in [5.74, 6) is 0.726. The Balaban J connectivity index is 2.06. The van der Waals surface area contributed by atoms with Crippen LogP contribution in [0.25, 0.3) is 0 Å². The topological polar surface area (TPSA) is 68.3 Å². The normalized spacial score (nSPS) is 24.5. The summed E-state index contributed by atoms with van der Waals surface area (Å²) >= 11 is 0. The van der Waals surface area contributed by atoms with Gasteiger partial charge in [0.25, 0.3) is 0 Å². The fourth-order valence-electron chi connectivity index (χ4n) is 1.38. The van der Waals surface area contributed by atoms with Crippen molar-refractivity contribution >= 4 is 5.84 Å². The molecule has 0 aromatic rings. The minimum absolute atomic E-state index is 0.0538. The smallest absolute Gasteiger partial charge is 0.0931 e. The highest BCUT2D eigenvalue weighted by Crippen LogP contribution is 2.13. The molecular weight excluding hydrogens is 168 g/mol. The highest BCUT2D eigenvalue weighted by molar-refractivity contribution is 5.77. The van der Waals surface area contributed by atoms with E-state index in [0.717, 1.165) is 26.2 Å². The maximum Gasteiger partial charge on any atom is 0.0931 e. The van der Waals surface area contributed by atoms with E-state index in [1.165, 1.54) is 0 Å². The van der Waals surface area contributed by atoms with Crippen LogP contribution in [0.4, 0.5) is 0 Å². The first-order valence-corrected chi connectivity index (χ1v) is 4.70. The molecule has 1 aliphatic heterocycles. The Bertz CT molecular complexity index is 167. The minimum Gasteiger partial charge on any atom is -0.388 e. The third-order valence-electron chi connectivity index (χ3n) is 2.15. The molecule has 76 valence electrons. The van der Waals surface area contributed by atoms with Gasteiger partial charge in [-0.1, -0.05) is 0 Å². The first-order valence-electron chi connectivity index (χ1n) is 4.70. The van der Waals surface area contributed by atoms with Crippen molar-refractivity contribution in [2.45, 2.75) is 25.9 Å². The Morgan fingerprint density at radius 3 is 3.08 bits per heavy atom. The molecule has 0 saturated carbocycles. The molecule has 4 nitrogen and oxygen atoms in total. The van der Waals surface area contributed by atoms with Crippen LogP contribution in [0.15, 0.2) is 0 Å². The quantitative estimate of drug-likeness (QED) is 0.492. The number of ether oxygens (including phenoxy) is 2. The Morgan fingerprint density at radius 1 is 1.77 bits per heavy atom. The lowest BCUT2D eigenvalue weighted by Crippen LogP contribution is -2.22. The molecule has 2 unspecified atom stereocenters. The lowest BCUT2D eigenvalue weighted by Gasteiger charge is -2.14. The Kier molecular flexibility index (Phi) is 4.18. The molecule has 0 amide bonds. The highest BCUT2D eigenvalue weighted by atomic mass is 16.5. The summed E-state index contributed by atoms with van der Waals surface area (Å²) < 4.78 is 10.8. The second kappa shape index (κ2) is 5.19. The van der Waals surface area contributed by atoms with Gasteiger partial charge < -0.3 is 15.2 Å². The molecule has 1 heterocycles. The molecule has 1 saturated heterocycles. The van der Waals surface area contributed by atoms with Crippen molar-refractivity contribution in [2.75, 3.05) is 19.8 Å². The molecule has 1 fully saturated rings. The average Bonchev–Trinajstić information content (AvgIpc) is 2.51. The van der Waals surface area contributed by atoms with Gasteiger partial charge in [0, 0.05) is 18.9 Å². The molecule has 0 radical (unpaired) electrons. The van der Waals surface area contributed by atoms with Crippen LogP contribution in [0.1, 0.15) is 19.8 Å². The van der Waals surface area contributed by atoms with Crippen molar-refractivity contribution in [1.29, 1.82) is 5.41 Å². The molecular formula is C9H18N2O2. The van der Waals surface area contributed by atoms with Gasteiger partial charge >= 0.3 is 0 Å². The molecule has 2 atom stereocenters. The van der Waals surface area contributed by atoms with Gasteiger partial charge in [-0.05, 0) is 13.3 Å². The highest BCUT2D eigenvalue weighted by Gasteiger charge is 2.16. The van der Waals surface area contributed by atoms with E-state index in [2.05, 4.69) is 0 Å². The second-order valence-corrected chi connectivity index (χ2v) is 3.60. The van der Waals surface area contributed by atoms with Crippen LogP contribution in [0.3, 0.4) is 0 Å². The van der Waals surface area contributed by atoms with Crippen LogP contribution >= 0.6 is 0 Å². The molecule has 1 aliphatic rings. The predicted molar refractivity (Wildman–Crippen MR) is 50.9 cm³/mol. The zero-order chi connectivity index (χ0) is 9.68. The van der Waals surface area contributed by atoms with Crippen molar-refractivity contribution in [3.05, 3.63) is 0 Å². The summed E-state index contributed by atoms with van der Waals surface area (Å²) in [6, 6.07) is 0. The van der Waals surface area contributed by atoms with Crippen LogP contribution in [-0.4, -0.2) is 31.8 Å². The number of amidine groups is 1. The van der Waals surface area contributed by atoms with E-state index < -0.39 is 0 Å². The maximum absolute atomic E-state index is 7.09. The monoisotopic (exact) mass is 186 g/mol. The van der Waals surface area contributed by atoms with E-state index in [1.54, 1.807) is 0 Å². The lowest BCUT2D eigenvalue weighted by atomic mass is 10.1. The van der Waals surface area contributed by atoms with Gasteiger partial charge in [-0.15, -0.1) is 0 Å². The van der Waals surface area contributed by atoms with Crippen molar-refractivity contribution in [3.8, 4) is 0 Å². The van der Waals surface area contributed by atoms with Crippen molar-refractivity contribution in [2.24, 2.45) is 11.7 Å². The van der Waals surface area contributed by atoms with Gasteiger partial charge in [0.15, 0.2) is 0 Å². The third kappa shape index (κ3) is 4.24. The van der Waals surface area contributed by atoms with Gasteiger partial charge in [-0.25, -0.2) is 0 Å². The van der Waals surface area contributed by atoms with Gasteiger partial charge in [0.2, 0.25) is 0 Å². The fraction of sp³-hybridized carbons (Fsp3) is 0.889. The van der Waals surface area contributed by atoms with Gasteiger partial charge in [-0.3, -0.25) is 5.41 Å². The zero-order valence-electron chi connectivity index (χ0n) is 8.08. The molecule has 0 aliphatic carbocycles. The molecule has 4 heteroatoms. The van der Waals surface area contributed by atoms with Crippen molar-refractivity contribution < 1.29 is 9.47 Å². The SMILES string of the molecule is CC(CC(=N)N)OCC1CCOC1. The molecule has 1 rings (SSSR count). The first kappa shape index (κ1) is 10.5. The largest absolute Gasteiger partial charge is 0.388 e. The third-order valence-corrected chi connectivity index (χ3v) is 2.15. The predicted octanol–water partition coefficient (Wildman–Crippen LogP) is 0.754. The minimum atomic E-state index is 0.0538. The molecule has 0 bridgehead atoms. The number of hydrogen-bond donors (Lipinski definition) is 2. The van der Waals surface area contributed by atoms with Gasteiger partial charge in [-0.2, -0.15) is 0 Å². The van der Waals surface area contributed by atoms with Crippen LogP contribution in [0.5, 0.6) is 0 Å². The standard InChI is InChI=1S/C9H18N2O2/c1-7(4-9(10)11)13-6-8-2-3-12-5-8/h7-8H,2-6H2,1H3,(H3,10,11). The number of rotatable bonds is 5. The van der Waals surface area contributed by atoms with E-state index in [9.17, 15) is 0 Å². The van der Waals surface area contributed by atoms with Crippen molar-refractivity contribution in [1.82, 2.24) is 0 Å². The fourth-order valence-corrected chi connectivity index (χ4v) is 1.38. The lowest BCUT2D eigenvalue weighted by molar-refractivity contribution is 0.0406. The van der Waals surface area contributed by atoms with E-state index in [4.69, 9.17) is 20.6 Å². The molecule has 0 spiro atoms. The Morgan fingerprint density at radius 2 is 2.54 bits per heavy atom. The number of nitrogens with one attached hydrogen (secondary N) is 1. The summed E-state index contributed by atoms with van der Waals surface area (Å²) in [4.78, 5) is 0. The number of nitrogens with two attached hydrogens (primary N) is 1. The Hall–Kier alpha value is -0.610. The first-order chi connectivity index (χ1) is 6.18.